The standard InChI is InChI=1S/C19H26NO5/c1-13-9-11-19(4,18(13,2)3)16(21)10-12-25-17(22)14-5-7-15(8-6-14)20(23)24/h5-8,13,23H,9-12H2,1-4H3/q-1. The maximum atomic E-state index is 12.7. The molecule has 0 heterocycles. The summed E-state index contributed by atoms with van der Waals surface area (Å²) >= 11 is 0. The van der Waals surface area contributed by atoms with Crippen molar-refractivity contribution in [3.05, 3.63) is 35.0 Å². The molecule has 2 rings (SSSR count). The van der Waals surface area contributed by atoms with Gasteiger partial charge in [-0.15, -0.1) is 0 Å². The van der Waals surface area contributed by atoms with Crippen molar-refractivity contribution >= 4 is 17.4 Å². The van der Waals surface area contributed by atoms with Crippen LogP contribution in [-0.4, -0.2) is 23.6 Å². The van der Waals surface area contributed by atoms with Gasteiger partial charge in [0.1, 0.15) is 5.78 Å². The van der Waals surface area contributed by atoms with Gasteiger partial charge >= 0.3 is 5.97 Å². The summed E-state index contributed by atoms with van der Waals surface area (Å²) in [6.45, 7) is 8.50. The lowest BCUT2D eigenvalue weighted by Crippen LogP contribution is -2.40. The second-order valence-electron chi connectivity index (χ2n) is 7.62. The van der Waals surface area contributed by atoms with E-state index in [1.54, 1.807) is 0 Å². The van der Waals surface area contributed by atoms with Gasteiger partial charge in [0.2, 0.25) is 0 Å². The number of benzene rings is 1. The van der Waals surface area contributed by atoms with Crippen LogP contribution in [0.15, 0.2) is 24.3 Å². The number of rotatable bonds is 6. The average molecular weight is 348 g/mol. The van der Waals surface area contributed by atoms with Crippen LogP contribution in [0, 0.1) is 22.0 Å². The van der Waals surface area contributed by atoms with Gasteiger partial charge in [0.25, 0.3) is 0 Å². The summed E-state index contributed by atoms with van der Waals surface area (Å²) in [4.78, 5) is 24.7. The predicted octanol–water partition coefficient (Wildman–Crippen LogP) is 3.96. The summed E-state index contributed by atoms with van der Waals surface area (Å²) < 4.78 is 5.18. The molecule has 1 aromatic carbocycles. The van der Waals surface area contributed by atoms with Crippen LogP contribution in [0.4, 0.5) is 5.69 Å². The van der Waals surface area contributed by atoms with Gasteiger partial charge in [0, 0.05) is 11.8 Å². The van der Waals surface area contributed by atoms with E-state index in [2.05, 4.69) is 20.8 Å². The third-order valence-corrected chi connectivity index (χ3v) is 6.23. The summed E-state index contributed by atoms with van der Waals surface area (Å²) in [7, 11) is 0. The first-order valence-electron chi connectivity index (χ1n) is 8.56. The largest absolute Gasteiger partial charge is 0.733 e. The smallest absolute Gasteiger partial charge is 0.338 e. The molecule has 1 saturated carbocycles. The Morgan fingerprint density at radius 1 is 1.28 bits per heavy atom. The van der Waals surface area contributed by atoms with E-state index in [0.29, 0.717) is 5.92 Å². The number of esters is 1. The highest BCUT2D eigenvalue weighted by Gasteiger charge is 2.53. The number of carbonyl (C=O) groups excluding carboxylic acids is 2. The van der Waals surface area contributed by atoms with Crippen molar-refractivity contribution in [2.45, 2.75) is 47.0 Å². The summed E-state index contributed by atoms with van der Waals surface area (Å²) in [6.07, 6.45) is 2.09. The zero-order chi connectivity index (χ0) is 18.8. The molecule has 0 bridgehead atoms. The number of ether oxygens (including phenoxy) is 1. The molecule has 2 atom stereocenters. The van der Waals surface area contributed by atoms with E-state index in [1.807, 2.05) is 6.92 Å². The SMILES string of the molecule is CC1CCC(C)(C(=O)CCOC(=O)c2ccc(N([O-])O)cc2)C1(C)C. The van der Waals surface area contributed by atoms with Gasteiger partial charge in [0.15, 0.2) is 0 Å². The van der Waals surface area contributed by atoms with Gasteiger partial charge in [-0.3, -0.25) is 10.0 Å². The normalized spacial score (nSPS) is 24.8. The quantitative estimate of drug-likeness (QED) is 0.618. The topological polar surface area (TPSA) is 89.9 Å². The molecule has 0 aliphatic heterocycles. The van der Waals surface area contributed by atoms with E-state index in [-0.39, 0.29) is 46.1 Å². The van der Waals surface area contributed by atoms with E-state index in [0.717, 1.165) is 12.8 Å². The molecule has 6 nitrogen and oxygen atoms in total. The highest BCUT2D eigenvalue weighted by Crippen LogP contribution is 2.56. The van der Waals surface area contributed by atoms with Gasteiger partial charge in [-0.2, -0.15) is 0 Å². The molecule has 1 aliphatic rings. The Morgan fingerprint density at radius 3 is 2.36 bits per heavy atom. The first kappa shape index (κ1) is 19.4. The highest BCUT2D eigenvalue weighted by atomic mass is 16.8. The maximum Gasteiger partial charge on any atom is 0.338 e. The molecule has 2 unspecified atom stereocenters. The Hall–Kier alpha value is -1.92. The lowest BCUT2D eigenvalue weighted by molar-refractivity contribution is -0.134. The molecule has 6 heteroatoms. The summed E-state index contributed by atoms with van der Waals surface area (Å²) in [6, 6.07) is 5.42. The Kier molecular flexibility index (Phi) is 5.54. The molecule has 1 N–H and O–H groups in total. The molecular weight excluding hydrogens is 322 g/mol. The first-order chi connectivity index (χ1) is 11.6. The van der Waals surface area contributed by atoms with Gasteiger partial charge in [-0.05, 0) is 48.4 Å². The minimum atomic E-state index is -0.557. The van der Waals surface area contributed by atoms with Crippen molar-refractivity contribution in [2.24, 2.45) is 16.7 Å². The second kappa shape index (κ2) is 7.14. The molecule has 1 aromatic rings. The fraction of sp³-hybridized carbons (Fsp3) is 0.579. The van der Waals surface area contributed by atoms with Crippen molar-refractivity contribution in [1.29, 1.82) is 0 Å². The number of hydrogen-bond donors (Lipinski definition) is 1. The Labute approximate surface area is 148 Å². The Balaban J connectivity index is 1.90. The minimum Gasteiger partial charge on any atom is -0.733 e. The Bertz CT molecular complexity index is 638. The number of nitrogens with zero attached hydrogens (tertiary/aromatic N) is 1. The zero-order valence-corrected chi connectivity index (χ0v) is 15.2. The van der Waals surface area contributed by atoms with Crippen molar-refractivity contribution in [1.82, 2.24) is 0 Å². The van der Waals surface area contributed by atoms with Gasteiger partial charge in [-0.25, -0.2) is 4.79 Å². The van der Waals surface area contributed by atoms with Crippen LogP contribution in [0.2, 0.25) is 0 Å². The van der Waals surface area contributed by atoms with Crippen LogP contribution in [0.3, 0.4) is 0 Å². The molecule has 1 aliphatic carbocycles. The van der Waals surface area contributed by atoms with Crippen LogP contribution in [0.25, 0.3) is 0 Å². The molecular formula is C19H26NO5-. The molecule has 0 saturated heterocycles. The third kappa shape index (κ3) is 3.70. The van der Waals surface area contributed by atoms with Crippen LogP contribution in [-0.2, 0) is 9.53 Å². The van der Waals surface area contributed by atoms with E-state index >= 15 is 0 Å². The number of carbonyl (C=O) groups is 2. The predicted molar refractivity (Wildman–Crippen MR) is 94.3 cm³/mol. The Morgan fingerprint density at radius 2 is 1.88 bits per heavy atom. The molecule has 25 heavy (non-hydrogen) atoms. The van der Waals surface area contributed by atoms with Crippen molar-refractivity contribution in [2.75, 3.05) is 11.8 Å². The summed E-state index contributed by atoms with van der Waals surface area (Å²) in [5, 5.41) is 19.2. The fourth-order valence-corrected chi connectivity index (χ4v) is 3.55. The molecule has 0 amide bonds. The molecule has 138 valence electrons. The molecule has 1 fully saturated rings. The minimum absolute atomic E-state index is 0.0252. The van der Waals surface area contributed by atoms with Crippen molar-refractivity contribution in [3.8, 4) is 0 Å². The lowest BCUT2D eigenvalue weighted by atomic mass is 9.63. The molecule has 0 spiro atoms. The van der Waals surface area contributed by atoms with Crippen LogP contribution >= 0.6 is 0 Å². The fourth-order valence-electron chi connectivity index (χ4n) is 3.55. The summed E-state index contributed by atoms with van der Waals surface area (Å²) in [5.41, 5.74) is -0.172. The van der Waals surface area contributed by atoms with Gasteiger partial charge < -0.3 is 15.2 Å². The highest BCUT2D eigenvalue weighted by molar-refractivity contribution is 5.90. The van der Waals surface area contributed by atoms with E-state index < -0.39 is 5.97 Å². The third-order valence-electron chi connectivity index (χ3n) is 6.23. The summed E-state index contributed by atoms with van der Waals surface area (Å²) in [5.74, 6) is 0.0563. The molecule has 0 aromatic heterocycles. The lowest BCUT2D eigenvalue weighted by Gasteiger charge is -2.39. The van der Waals surface area contributed by atoms with Crippen LogP contribution in [0.5, 0.6) is 0 Å². The van der Waals surface area contributed by atoms with E-state index in [9.17, 15) is 14.8 Å². The molecule has 0 radical (unpaired) electrons. The second-order valence-corrected chi connectivity index (χ2v) is 7.62. The number of ketones is 1. The number of hydrogen-bond acceptors (Lipinski definition) is 6. The van der Waals surface area contributed by atoms with Gasteiger partial charge in [-0.1, -0.05) is 27.7 Å². The van der Waals surface area contributed by atoms with Crippen molar-refractivity contribution in [3.63, 3.8) is 0 Å². The van der Waals surface area contributed by atoms with E-state index in [4.69, 9.17) is 9.94 Å². The number of anilines is 1. The maximum absolute atomic E-state index is 12.7. The van der Waals surface area contributed by atoms with Gasteiger partial charge in [0.05, 0.1) is 17.9 Å². The van der Waals surface area contributed by atoms with Crippen LogP contribution < -0.4 is 5.23 Å². The van der Waals surface area contributed by atoms with E-state index in [1.165, 1.54) is 24.3 Å². The monoisotopic (exact) mass is 348 g/mol. The average Bonchev–Trinajstić information content (AvgIpc) is 2.78. The van der Waals surface area contributed by atoms with Crippen LogP contribution in [0.1, 0.15) is 57.3 Å². The van der Waals surface area contributed by atoms with Crippen molar-refractivity contribution < 1.29 is 19.5 Å². The number of Topliss-reactive ketones (excluding diaryl/α,β-unsaturated/α-hetero) is 1. The first-order valence-corrected chi connectivity index (χ1v) is 8.56. The zero-order valence-electron chi connectivity index (χ0n) is 15.2.